The number of anilines is 3. The summed E-state index contributed by atoms with van der Waals surface area (Å²) in [6.07, 6.45) is 4.59. The molecule has 1 atom stereocenters. The predicted octanol–water partition coefficient (Wildman–Crippen LogP) is 4.18. The largest absolute Gasteiger partial charge is 0.396 e. The first-order valence-corrected chi connectivity index (χ1v) is 12.6. The average Bonchev–Trinajstić information content (AvgIpc) is 3.30. The minimum Gasteiger partial charge on any atom is -0.396 e. The Kier molecular flexibility index (Phi) is 7.02. The lowest BCUT2D eigenvalue weighted by atomic mass is 10.1. The maximum Gasteiger partial charge on any atom is 0.228 e. The van der Waals surface area contributed by atoms with Gasteiger partial charge >= 0.3 is 0 Å². The molecule has 3 aromatic rings. The Hall–Kier alpha value is -2.97. The SMILES string of the molecule is CC1CCCN1c1nc(-c2ccc(F)cc2)cc(N2CCN(c3ncc(CCO)cc3Cl)CC2)n1. The number of hydrogen-bond acceptors (Lipinski definition) is 7. The van der Waals surface area contributed by atoms with E-state index in [-0.39, 0.29) is 12.4 Å². The van der Waals surface area contributed by atoms with Crippen LogP contribution >= 0.6 is 11.6 Å². The maximum absolute atomic E-state index is 13.5. The number of rotatable bonds is 6. The number of aliphatic hydroxyl groups excluding tert-OH is 1. The predicted molar refractivity (Wildman–Crippen MR) is 138 cm³/mol. The summed E-state index contributed by atoms with van der Waals surface area (Å²) in [6.45, 7) is 6.29. The number of halogens is 2. The molecule has 0 radical (unpaired) electrons. The molecule has 0 saturated carbocycles. The second-order valence-corrected chi connectivity index (χ2v) is 9.61. The lowest BCUT2D eigenvalue weighted by Gasteiger charge is -2.37. The molecule has 1 N–H and O–H groups in total. The Balaban J connectivity index is 1.38. The zero-order valence-corrected chi connectivity index (χ0v) is 20.6. The van der Waals surface area contributed by atoms with Crippen molar-refractivity contribution >= 4 is 29.2 Å². The Morgan fingerprint density at radius 3 is 2.43 bits per heavy atom. The van der Waals surface area contributed by atoms with Crippen LogP contribution in [0.4, 0.5) is 22.0 Å². The summed E-state index contributed by atoms with van der Waals surface area (Å²) in [5.74, 6) is 2.13. The van der Waals surface area contributed by atoms with E-state index in [0.717, 1.165) is 80.0 Å². The van der Waals surface area contributed by atoms with Gasteiger partial charge in [-0.15, -0.1) is 0 Å². The highest BCUT2D eigenvalue weighted by Gasteiger charge is 2.26. The van der Waals surface area contributed by atoms with Crippen molar-refractivity contribution in [1.29, 1.82) is 0 Å². The number of aliphatic hydroxyl groups is 1. The standard InChI is InChI=1S/C26H30ClFN6O/c1-18-3-2-9-34(18)26-30-23(20-4-6-21(28)7-5-20)16-24(31-26)32-10-12-33(13-11-32)25-22(27)15-19(8-14-35)17-29-25/h4-7,15-18,35H,2-3,8-14H2,1H3. The van der Waals surface area contributed by atoms with Crippen LogP contribution in [-0.4, -0.2) is 65.4 Å². The first kappa shape index (κ1) is 23.8. The summed E-state index contributed by atoms with van der Waals surface area (Å²) in [4.78, 5) is 21.1. The van der Waals surface area contributed by atoms with Crippen molar-refractivity contribution in [3.63, 3.8) is 0 Å². The van der Waals surface area contributed by atoms with Crippen LogP contribution in [0.2, 0.25) is 5.02 Å². The highest BCUT2D eigenvalue weighted by atomic mass is 35.5. The van der Waals surface area contributed by atoms with Gasteiger partial charge in [-0.25, -0.2) is 14.4 Å². The summed E-state index contributed by atoms with van der Waals surface area (Å²) >= 11 is 6.51. The molecule has 0 bridgehead atoms. The lowest BCUT2D eigenvalue weighted by molar-refractivity contribution is 0.299. The molecule has 2 saturated heterocycles. The Morgan fingerprint density at radius 1 is 1.03 bits per heavy atom. The van der Waals surface area contributed by atoms with Crippen LogP contribution < -0.4 is 14.7 Å². The van der Waals surface area contributed by atoms with Gasteiger partial charge in [-0.3, -0.25) is 0 Å². The molecule has 0 amide bonds. The van der Waals surface area contributed by atoms with E-state index in [0.29, 0.717) is 17.5 Å². The van der Waals surface area contributed by atoms with Crippen LogP contribution in [0.15, 0.2) is 42.6 Å². The van der Waals surface area contributed by atoms with Crippen LogP contribution in [-0.2, 0) is 6.42 Å². The van der Waals surface area contributed by atoms with Crippen LogP contribution in [0.1, 0.15) is 25.3 Å². The van der Waals surface area contributed by atoms with Crippen molar-refractivity contribution < 1.29 is 9.50 Å². The molecule has 1 unspecified atom stereocenters. The van der Waals surface area contributed by atoms with Crippen molar-refractivity contribution in [3.8, 4) is 11.3 Å². The smallest absolute Gasteiger partial charge is 0.228 e. The molecule has 5 rings (SSSR count). The summed E-state index contributed by atoms with van der Waals surface area (Å²) < 4.78 is 13.5. The van der Waals surface area contributed by atoms with E-state index in [9.17, 15) is 4.39 Å². The highest BCUT2D eigenvalue weighted by Crippen LogP contribution is 2.30. The van der Waals surface area contributed by atoms with Gasteiger partial charge in [-0.05, 0) is 62.1 Å². The van der Waals surface area contributed by atoms with E-state index in [2.05, 4.69) is 26.6 Å². The molecule has 0 aliphatic carbocycles. The quantitative estimate of drug-likeness (QED) is 0.549. The molecule has 4 heterocycles. The fraction of sp³-hybridized carbons (Fsp3) is 0.423. The zero-order valence-electron chi connectivity index (χ0n) is 19.9. The molecular formula is C26H30ClFN6O. The van der Waals surface area contributed by atoms with Gasteiger partial charge in [0.15, 0.2) is 0 Å². The fourth-order valence-corrected chi connectivity index (χ4v) is 5.14. The Morgan fingerprint density at radius 2 is 1.77 bits per heavy atom. The zero-order chi connectivity index (χ0) is 24.4. The van der Waals surface area contributed by atoms with Gasteiger partial charge in [0, 0.05) is 63.2 Å². The molecule has 2 aromatic heterocycles. The second-order valence-electron chi connectivity index (χ2n) is 9.20. The van der Waals surface area contributed by atoms with E-state index in [1.807, 2.05) is 12.1 Å². The molecule has 9 heteroatoms. The Bertz CT molecular complexity index is 1170. The van der Waals surface area contributed by atoms with Gasteiger partial charge in [0.2, 0.25) is 5.95 Å². The first-order valence-electron chi connectivity index (χ1n) is 12.2. The van der Waals surface area contributed by atoms with E-state index in [4.69, 9.17) is 26.7 Å². The first-order chi connectivity index (χ1) is 17.0. The van der Waals surface area contributed by atoms with Gasteiger partial charge in [0.1, 0.15) is 17.5 Å². The molecule has 35 heavy (non-hydrogen) atoms. The van der Waals surface area contributed by atoms with Gasteiger partial charge in [0.25, 0.3) is 0 Å². The van der Waals surface area contributed by atoms with Gasteiger partial charge in [-0.1, -0.05) is 11.6 Å². The van der Waals surface area contributed by atoms with Crippen molar-refractivity contribution in [3.05, 3.63) is 59.0 Å². The molecule has 2 aliphatic heterocycles. The van der Waals surface area contributed by atoms with Gasteiger partial charge in [0.05, 0.1) is 10.7 Å². The van der Waals surface area contributed by atoms with Crippen LogP contribution in [0.3, 0.4) is 0 Å². The van der Waals surface area contributed by atoms with E-state index >= 15 is 0 Å². The number of hydrogen-bond donors (Lipinski definition) is 1. The van der Waals surface area contributed by atoms with E-state index in [1.54, 1.807) is 18.3 Å². The van der Waals surface area contributed by atoms with Crippen LogP contribution in [0, 0.1) is 5.82 Å². The molecule has 2 aliphatic rings. The van der Waals surface area contributed by atoms with Crippen LogP contribution in [0.5, 0.6) is 0 Å². The summed E-state index contributed by atoms with van der Waals surface area (Å²) in [5, 5.41) is 9.76. The number of nitrogens with zero attached hydrogens (tertiary/aromatic N) is 6. The van der Waals surface area contributed by atoms with Crippen molar-refractivity contribution in [2.45, 2.75) is 32.2 Å². The van der Waals surface area contributed by atoms with E-state index in [1.165, 1.54) is 12.1 Å². The third kappa shape index (κ3) is 5.18. The van der Waals surface area contributed by atoms with Crippen molar-refractivity contribution in [2.24, 2.45) is 0 Å². The normalized spacial score (nSPS) is 18.4. The van der Waals surface area contributed by atoms with Crippen LogP contribution in [0.25, 0.3) is 11.3 Å². The molecule has 1 aromatic carbocycles. The second kappa shape index (κ2) is 10.3. The topological polar surface area (TPSA) is 68.6 Å². The fourth-order valence-electron chi connectivity index (χ4n) is 4.83. The summed E-state index contributed by atoms with van der Waals surface area (Å²) in [6, 6.07) is 10.8. The molecule has 2 fully saturated rings. The summed E-state index contributed by atoms with van der Waals surface area (Å²) in [7, 11) is 0. The number of pyridine rings is 1. The lowest BCUT2D eigenvalue weighted by Crippen LogP contribution is -2.47. The number of aromatic nitrogens is 3. The van der Waals surface area contributed by atoms with Gasteiger partial charge in [-0.2, -0.15) is 4.98 Å². The van der Waals surface area contributed by atoms with Gasteiger partial charge < -0.3 is 19.8 Å². The Labute approximate surface area is 210 Å². The average molecular weight is 497 g/mol. The van der Waals surface area contributed by atoms with Crippen molar-refractivity contribution in [2.75, 3.05) is 54.0 Å². The minimum atomic E-state index is -0.260. The minimum absolute atomic E-state index is 0.0765. The third-order valence-electron chi connectivity index (χ3n) is 6.83. The monoisotopic (exact) mass is 496 g/mol. The summed E-state index contributed by atoms with van der Waals surface area (Å²) in [5.41, 5.74) is 2.61. The molecule has 0 spiro atoms. The van der Waals surface area contributed by atoms with Crippen molar-refractivity contribution in [1.82, 2.24) is 15.0 Å². The number of piperazine rings is 1. The molecule has 184 valence electrons. The maximum atomic E-state index is 13.5. The highest BCUT2D eigenvalue weighted by molar-refractivity contribution is 6.33. The number of benzene rings is 1. The molecule has 7 nitrogen and oxygen atoms in total. The van der Waals surface area contributed by atoms with E-state index < -0.39 is 0 Å². The molecular weight excluding hydrogens is 467 g/mol. The third-order valence-corrected chi connectivity index (χ3v) is 7.11.